The Labute approximate surface area is 199 Å². The first-order valence-corrected chi connectivity index (χ1v) is 10.7. The lowest BCUT2D eigenvalue weighted by molar-refractivity contribution is 0.101. The van der Waals surface area contributed by atoms with E-state index in [2.05, 4.69) is 20.7 Å². The van der Waals surface area contributed by atoms with E-state index >= 15 is 0 Å². The van der Waals surface area contributed by atoms with Crippen molar-refractivity contribution in [3.8, 4) is 11.5 Å². The fraction of sp³-hybridized carbons (Fsp3) is 0. The number of anilines is 2. The zero-order chi connectivity index (χ0) is 24.2. The highest BCUT2D eigenvalue weighted by Crippen LogP contribution is 2.23. The number of nitrogens with zero attached hydrogens (tertiary/aromatic N) is 4. The third kappa shape index (κ3) is 4.55. The van der Waals surface area contributed by atoms with Crippen molar-refractivity contribution in [3.05, 3.63) is 121 Å². The number of pyridine rings is 1. The van der Waals surface area contributed by atoms with Gasteiger partial charge in [0, 0.05) is 41.7 Å². The summed E-state index contributed by atoms with van der Waals surface area (Å²) < 4.78 is 17.6. The monoisotopic (exact) mass is 466 g/mol. The van der Waals surface area contributed by atoms with E-state index in [-0.39, 0.29) is 17.2 Å². The molecule has 172 valence electrons. The van der Waals surface area contributed by atoms with E-state index < -0.39 is 11.7 Å². The molecular weight excluding hydrogens is 447 g/mol. The summed E-state index contributed by atoms with van der Waals surface area (Å²) >= 11 is 0. The number of rotatable bonds is 6. The Hall–Kier alpha value is -5.05. The van der Waals surface area contributed by atoms with Crippen LogP contribution in [0.2, 0.25) is 0 Å². The van der Waals surface area contributed by atoms with Crippen LogP contribution in [0.1, 0.15) is 20.7 Å². The lowest BCUT2D eigenvalue weighted by Gasteiger charge is -2.12. The molecule has 0 aliphatic heterocycles. The van der Waals surface area contributed by atoms with E-state index in [0.29, 0.717) is 22.8 Å². The van der Waals surface area contributed by atoms with Crippen molar-refractivity contribution in [2.75, 3.05) is 10.6 Å². The maximum atomic E-state index is 14.5. The van der Waals surface area contributed by atoms with Crippen LogP contribution in [0.25, 0.3) is 11.5 Å². The summed E-state index contributed by atoms with van der Waals surface area (Å²) in [5.41, 5.74) is 1.91. The summed E-state index contributed by atoms with van der Waals surface area (Å²) in [5, 5.41) is 9.92. The van der Waals surface area contributed by atoms with E-state index in [1.165, 1.54) is 29.3 Å². The number of carbonyl (C=O) groups is 2. The van der Waals surface area contributed by atoms with Crippen molar-refractivity contribution in [1.82, 2.24) is 19.3 Å². The maximum Gasteiger partial charge on any atom is 0.261 e. The van der Waals surface area contributed by atoms with Crippen molar-refractivity contribution < 1.29 is 14.0 Å². The Morgan fingerprint density at radius 1 is 0.800 bits per heavy atom. The molecule has 35 heavy (non-hydrogen) atoms. The van der Waals surface area contributed by atoms with Crippen LogP contribution in [0.15, 0.2) is 104 Å². The van der Waals surface area contributed by atoms with Gasteiger partial charge in [0.15, 0.2) is 5.82 Å². The highest BCUT2D eigenvalue weighted by Gasteiger charge is 2.21. The second-order valence-electron chi connectivity index (χ2n) is 7.56. The van der Waals surface area contributed by atoms with Crippen LogP contribution >= 0.6 is 0 Å². The molecule has 0 radical (unpaired) electrons. The number of halogens is 1. The van der Waals surface area contributed by atoms with E-state index in [0.717, 1.165) is 0 Å². The summed E-state index contributed by atoms with van der Waals surface area (Å²) in [6.45, 7) is 0. The summed E-state index contributed by atoms with van der Waals surface area (Å²) in [5.74, 6) is -0.806. The van der Waals surface area contributed by atoms with Crippen LogP contribution in [0.5, 0.6) is 0 Å². The molecule has 3 aromatic heterocycles. The lowest BCUT2D eigenvalue weighted by Crippen LogP contribution is -2.16. The van der Waals surface area contributed by atoms with Gasteiger partial charge in [-0.1, -0.05) is 18.2 Å². The number of para-hydroxylation sites is 1. The fourth-order valence-corrected chi connectivity index (χ4v) is 3.61. The molecule has 0 spiro atoms. The van der Waals surface area contributed by atoms with Crippen molar-refractivity contribution >= 4 is 23.2 Å². The van der Waals surface area contributed by atoms with Gasteiger partial charge in [0.2, 0.25) is 0 Å². The molecule has 8 nitrogen and oxygen atoms in total. The summed E-state index contributed by atoms with van der Waals surface area (Å²) in [4.78, 5) is 29.6. The Bertz CT molecular complexity index is 1500. The van der Waals surface area contributed by atoms with Gasteiger partial charge in [-0.3, -0.25) is 14.6 Å². The Morgan fingerprint density at radius 2 is 1.49 bits per heavy atom. The minimum Gasteiger partial charge on any atom is -0.322 e. The van der Waals surface area contributed by atoms with Crippen LogP contribution in [0, 0.1) is 5.82 Å². The number of amides is 2. The van der Waals surface area contributed by atoms with E-state index in [4.69, 9.17) is 0 Å². The van der Waals surface area contributed by atoms with E-state index in [9.17, 15) is 14.0 Å². The van der Waals surface area contributed by atoms with Gasteiger partial charge >= 0.3 is 0 Å². The molecular formula is C26H19FN6O2. The molecule has 2 aromatic carbocycles. The molecule has 5 aromatic rings. The molecule has 0 unspecified atom stereocenters. The third-order valence-electron chi connectivity index (χ3n) is 5.24. The van der Waals surface area contributed by atoms with Crippen LogP contribution in [0.3, 0.4) is 0 Å². The third-order valence-corrected chi connectivity index (χ3v) is 5.24. The number of carbonyl (C=O) groups excluding carboxylic acids is 2. The largest absolute Gasteiger partial charge is 0.322 e. The summed E-state index contributed by atoms with van der Waals surface area (Å²) in [6.07, 6.45) is 7.97. The van der Waals surface area contributed by atoms with Gasteiger partial charge in [-0.05, 0) is 54.6 Å². The molecule has 0 atom stereocenters. The second-order valence-corrected chi connectivity index (χ2v) is 7.56. The summed E-state index contributed by atoms with van der Waals surface area (Å²) in [7, 11) is 0. The highest BCUT2D eigenvalue weighted by atomic mass is 19.1. The number of benzene rings is 2. The first-order chi connectivity index (χ1) is 17.1. The van der Waals surface area contributed by atoms with Gasteiger partial charge in [-0.15, -0.1) is 0 Å². The zero-order valence-corrected chi connectivity index (χ0v) is 18.3. The van der Waals surface area contributed by atoms with Crippen LogP contribution in [-0.2, 0) is 0 Å². The molecule has 9 heteroatoms. The molecule has 3 heterocycles. The standard InChI is InChI=1S/C26H19FN6O2/c27-22-8-1-2-9-23(22)33-26(32-14-3-4-15-32)21(17-29-33)25(35)31-20-7-5-6-19(16-20)30-24(34)18-10-12-28-13-11-18/h1-17H,(H,30,34)(H,31,35). The predicted octanol–water partition coefficient (Wildman–Crippen LogP) is 4.70. The number of hydrogen-bond donors (Lipinski definition) is 2. The van der Waals surface area contributed by atoms with Crippen molar-refractivity contribution in [1.29, 1.82) is 0 Å². The molecule has 0 aliphatic carbocycles. The molecule has 5 rings (SSSR count). The number of nitrogens with one attached hydrogen (secondary N) is 2. The molecule has 2 amide bonds. The molecule has 0 fully saturated rings. The average molecular weight is 466 g/mol. The van der Waals surface area contributed by atoms with Gasteiger partial charge in [0.1, 0.15) is 17.1 Å². The smallest absolute Gasteiger partial charge is 0.261 e. The maximum absolute atomic E-state index is 14.5. The van der Waals surface area contributed by atoms with Crippen molar-refractivity contribution in [2.45, 2.75) is 0 Å². The van der Waals surface area contributed by atoms with Crippen LogP contribution < -0.4 is 10.6 Å². The minimum absolute atomic E-state index is 0.219. The topological polar surface area (TPSA) is 93.8 Å². The Kier molecular flexibility index (Phi) is 5.87. The Morgan fingerprint density at radius 3 is 2.20 bits per heavy atom. The van der Waals surface area contributed by atoms with Gasteiger partial charge in [-0.2, -0.15) is 5.10 Å². The quantitative estimate of drug-likeness (QED) is 0.379. The van der Waals surface area contributed by atoms with Gasteiger partial charge in [0.05, 0.1) is 6.20 Å². The first kappa shape index (κ1) is 21.8. The Balaban J connectivity index is 1.42. The van der Waals surface area contributed by atoms with E-state index in [1.807, 2.05) is 0 Å². The molecule has 0 aliphatic rings. The molecule has 2 N–H and O–H groups in total. The molecule has 0 saturated carbocycles. The lowest BCUT2D eigenvalue weighted by atomic mass is 10.2. The summed E-state index contributed by atoms with van der Waals surface area (Å²) in [6, 6.07) is 19.8. The SMILES string of the molecule is O=C(Nc1cccc(NC(=O)c2cnn(-c3ccccc3F)c2-n2cccc2)c1)c1ccncc1. The minimum atomic E-state index is -0.464. The van der Waals surface area contributed by atoms with Crippen molar-refractivity contribution in [2.24, 2.45) is 0 Å². The van der Waals surface area contributed by atoms with E-state index in [1.54, 1.807) is 83.7 Å². The normalized spacial score (nSPS) is 10.7. The highest BCUT2D eigenvalue weighted by molar-refractivity contribution is 6.07. The molecule has 0 bridgehead atoms. The first-order valence-electron chi connectivity index (χ1n) is 10.7. The average Bonchev–Trinajstić information content (AvgIpc) is 3.55. The second kappa shape index (κ2) is 9.44. The fourth-order valence-electron chi connectivity index (χ4n) is 3.61. The van der Waals surface area contributed by atoms with Gasteiger partial charge in [0.25, 0.3) is 11.8 Å². The zero-order valence-electron chi connectivity index (χ0n) is 18.3. The number of hydrogen-bond acceptors (Lipinski definition) is 4. The van der Waals surface area contributed by atoms with Crippen LogP contribution in [-0.4, -0.2) is 31.1 Å². The molecule has 0 saturated heterocycles. The predicted molar refractivity (Wildman–Crippen MR) is 129 cm³/mol. The van der Waals surface area contributed by atoms with Gasteiger partial charge in [-0.25, -0.2) is 9.07 Å². The van der Waals surface area contributed by atoms with Gasteiger partial charge < -0.3 is 15.2 Å². The number of aromatic nitrogens is 4. The van der Waals surface area contributed by atoms with Crippen molar-refractivity contribution in [3.63, 3.8) is 0 Å². The van der Waals surface area contributed by atoms with Crippen LogP contribution in [0.4, 0.5) is 15.8 Å².